The van der Waals surface area contributed by atoms with E-state index in [9.17, 15) is 13.2 Å². The van der Waals surface area contributed by atoms with Crippen LogP contribution in [0.1, 0.15) is 24.3 Å². The maximum atomic E-state index is 13.5. The van der Waals surface area contributed by atoms with Gasteiger partial charge in [0.2, 0.25) is 34.4 Å². The average molecular weight is 519 g/mol. The normalized spacial score (nSPS) is 17.9. The quantitative estimate of drug-likeness (QED) is 0.527. The van der Waals surface area contributed by atoms with Crippen molar-refractivity contribution in [1.82, 2.24) is 19.8 Å². The number of rotatable bonds is 6. The summed E-state index contributed by atoms with van der Waals surface area (Å²) in [5.74, 6) is 1.27. The Hall–Kier alpha value is -3.15. The monoisotopic (exact) mass is 518 g/mol. The number of sulfonamides is 1. The number of amides is 1. The number of hydrogen-bond donors (Lipinski definition) is 1. The molecule has 1 amide bonds. The first kappa shape index (κ1) is 23.6. The molecule has 12 heteroatoms. The molecule has 1 fully saturated rings. The Morgan fingerprint density at radius 3 is 2.83 bits per heavy atom. The lowest BCUT2D eigenvalue weighted by atomic mass is 9.98. The molecule has 1 unspecified atom stereocenters. The number of aromatic nitrogens is 2. The van der Waals surface area contributed by atoms with Gasteiger partial charge in [-0.05, 0) is 48.7 Å². The van der Waals surface area contributed by atoms with E-state index in [0.717, 1.165) is 5.56 Å². The lowest BCUT2D eigenvalue weighted by molar-refractivity contribution is -0.126. The number of carbonyl (C=O) groups is 1. The number of fused-ring (bicyclic) bond motifs is 1. The fourth-order valence-corrected chi connectivity index (χ4v) is 6.18. The van der Waals surface area contributed by atoms with Gasteiger partial charge in [0.05, 0.1) is 10.9 Å². The molecule has 0 saturated carbocycles. The molecule has 1 N–H and O–H groups in total. The molecule has 1 atom stereocenters. The summed E-state index contributed by atoms with van der Waals surface area (Å²) < 4.78 is 43.9. The zero-order valence-electron chi connectivity index (χ0n) is 18.9. The van der Waals surface area contributed by atoms with E-state index in [4.69, 9.17) is 25.6 Å². The first-order chi connectivity index (χ1) is 16.8. The molecule has 0 spiro atoms. The van der Waals surface area contributed by atoms with E-state index < -0.39 is 15.9 Å². The van der Waals surface area contributed by atoms with Gasteiger partial charge in [-0.25, -0.2) is 8.42 Å². The maximum Gasteiger partial charge on any atom is 0.244 e. The van der Waals surface area contributed by atoms with Gasteiger partial charge >= 0.3 is 0 Å². The van der Waals surface area contributed by atoms with E-state index in [1.165, 1.54) is 16.4 Å². The van der Waals surface area contributed by atoms with Crippen LogP contribution in [-0.4, -0.2) is 48.7 Å². The van der Waals surface area contributed by atoms with Gasteiger partial charge in [-0.2, -0.15) is 9.29 Å². The zero-order chi connectivity index (χ0) is 24.6. The first-order valence-electron chi connectivity index (χ1n) is 11.1. The van der Waals surface area contributed by atoms with Crippen LogP contribution in [0.4, 0.5) is 0 Å². The third-order valence-corrected chi connectivity index (χ3v) is 8.34. The van der Waals surface area contributed by atoms with E-state index in [0.29, 0.717) is 48.9 Å². The van der Waals surface area contributed by atoms with Gasteiger partial charge < -0.3 is 19.3 Å². The summed E-state index contributed by atoms with van der Waals surface area (Å²) in [6, 6.07) is 10.0. The predicted molar refractivity (Wildman–Crippen MR) is 125 cm³/mol. The Kier molecular flexibility index (Phi) is 6.39. The standard InChI is InChI=1S/C23H23ClN4O6S/c1-14-26-22(27-34-14)16-5-6-18(24)21(10-16)35(30,31)28-8-2-3-17(12-28)23(29)25-11-15-4-7-19-20(9-15)33-13-32-19/h4-7,9-10,17H,2-3,8,11-13H2,1H3,(H,25,29). The molecule has 0 aliphatic carbocycles. The number of nitrogens with one attached hydrogen (secondary N) is 1. The van der Waals surface area contributed by atoms with Gasteiger partial charge in [0, 0.05) is 32.1 Å². The largest absolute Gasteiger partial charge is 0.454 e. The third-order valence-electron chi connectivity index (χ3n) is 5.99. The van der Waals surface area contributed by atoms with Crippen molar-refractivity contribution in [2.45, 2.75) is 31.2 Å². The summed E-state index contributed by atoms with van der Waals surface area (Å²) in [4.78, 5) is 17.0. The molecule has 0 bridgehead atoms. The average Bonchev–Trinajstić information content (AvgIpc) is 3.51. The number of halogens is 1. The molecule has 1 aromatic heterocycles. The maximum absolute atomic E-state index is 13.5. The summed E-state index contributed by atoms with van der Waals surface area (Å²) in [6.07, 6.45) is 1.15. The van der Waals surface area contributed by atoms with Crippen LogP contribution in [0.15, 0.2) is 45.8 Å². The van der Waals surface area contributed by atoms with Crippen molar-refractivity contribution in [2.24, 2.45) is 5.92 Å². The topological polar surface area (TPSA) is 124 Å². The van der Waals surface area contributed by atoms with Crippen molar-refractivity contribution in [3.63, 3.8) is 0 Å². The highest BCUT2D eigenvalue weighted by Crippen LogP contribution is 2.33. The second-order valence-electron chi connectivity index (χ2n) is 8.39. The zero-order valence-corrected chi connectivity index (χ0v) is 20.4. The van der Waals surface area contributed by atoms with Crippen LogP contribution in [0.5, 0.6) is 11.5 Å². The third kappa shape index (κ3) is 4.84. The number of ether oxygens (including phenoxy) is 2. The minimum absolute atomic E-state index is 0.0551. The van der Waals surface area contributed by atoms with Gasteiger partial charge in [0.15, 0.2) is 11.5 Å². The molecule has 10 nitrogen and oxygen atoms in total. The predicted octanol–water partition coefficient (Wildman–Crippen LogP) is 3.14. The van der Waals surface area contributed by atoms with Gasteiger partial charge in [0.25, 0.3) is 0 Å². The molecule has 2 aliphatic rings. The van der Waals surface area contributed by atoms with Crippen LogP contribution in [0.25, 0.3) is 11.4 Å². The molecule has 5 rings (SSSR count). The lowest BCUT2D eigenvalue weighted by Gasteiger charge is -2.31. The molecule has 3 heterocycles. The Morgan fingerprint density at radius 1 is 1.20 bits per heavy atom. The smallest absolute Gasteiger partial charge is 0.244 e. The van der Waals surface area contributed by atoms with Crippen LogP contribution >= 0.6 is 11.6 Å². The number of piperidine rings is 1. The van der Waals surface area contributed by atoms with Gasteiger partial charge in [-0.15, -0.1) is 0 Å². The Balaban J connectivity index is 1.28. The Morgan fingerprint density at radius 2 is 2.03 bits per heavy atom. The van der Waals surface area contributed by atoms with Crippen LogP contribution < -0.4 is 14.8 Å². The fraction of sp³-hybridized carbons (Fsp3) is 0.348. The second-order valence-corrected chi connectivity index (χ2v) is 10.7. The van der Waals surface area contributed by atoms with E-state index in [-0.39, 0.29) is 35.0 Å². The van der Waals surface area contributed by atoms with Crippen molar-refractivity contribution < 1.29 is 27.2 Å². The van der Waals surface area contributed by atoms with Crippen LogP contribution in [0.2, 0.25) is 5.02 Å². The molecule has 1 saturated heterocycles. The Labute approximate surface area is 207 Å². The lowest BCUT2D eigenvalue weighted by Crippen LogP contribution is -2.45. The SMILES string of the molecule is Cc1nc(-c2ccc(Cl)c(S(=O)(=O)N3CCCC(C(=O)NCc4ccc5c(c4)OCO5)C3)c2)no1. The molecule has 184 valence electrons. The fourth-order valence-electron chi connectivity index (χ4n) is 4.15. The van der Waals surface area contributed by atoms with Crippen molar-refractivity contribution in [2.75, 3.05) is 19.9 Å². The molecule has 2 aromatic carbocycles. The minimum Gasteiger partial charge on any atom is -0.454 e. The van der Waals surface area contributed by atoms with Crippen molar-refractivity contribution >= 4 is 27.5 Å². The minimum atomic E-state index is -3.95. The summed E-state index contributed by atoms with van der Waals surface area (Å²) >= 11 is 6.28. The van der Waals surface area contributed by atoms with Crippen LogP contribution in [-0.2, 0) is 21.4 Å². The molecule has 2 aliphatic heterocycles. The summed E-state index contributed by atoms with van der Waals surface area (Å²) in [5.41, 5.74) is 1.34. The van der Waals surface area contributed by atoms with Crippen molar-refractivity contribution in [3.8, 4) is 22.9 Å². The number of hydrogen-bond acceptors (Lipinski definition) is 8. The summed E-state index contributed by atoms with van der Waals surface area (Å²) in [6.45, 7) is 2.50. The number of nitrogens with zero attached hydrogens (tertiary/aromatic N) is 3. The van der Waals surface area contributed by atoms with Crippen molar-refractivity contribution in [1.29, 1.82) is 0 Å². The van der Waals surface area contributed by atoms with E-state index in [1.54, 1.807) is 19.1 Å². The van der Waals surface area contributed by atoms with E-state index in [1.807, 2.05) is 12.1 Å². The van der Waals surface area contributed by atoms with Gasteiger partial charge in [-0.3, -0.25) is 4.79 Å². The van der Waals surface area contributed by atoms with E-state index in [2.05, 4.69) is 15.5 Å². The highest BCUT2D eigenvalue weighted by atomic mass is 35.5. The summed E-state index contributed by atoms with van der Waals surface area (Å²) in [7, 11) is -3.95. The van der Waals surface area contributed by atoms with Crippen molar-refractivity contribution in [3.05, 3.63) is 52.9 Å². The Bertz CT molecular complexity index is 1380. The van der Waals surface area contributed by atoms with Gasteiger partial charge in [0.1, 0.15) is 4.90 Å². The molecular weight excluding hydrogens is 496 g/mol. The molecular formula is C23H23ClN4O6S. The van der Waals surface area contributed by atoms with Gasteiger partial charge in [-0.1, -0.05) is 22.8 Å². The summed E-state index contributed by atoms with van der Waals surface area (Å²) in [5, 5.41) is 6.84. The van der Waals surface area contributed by atoms with E-state index >= 15 is 0 Å². The van der Waals surface area contributed by atoms with Crippen LogP contribution in [0, 0.1) is 12.8 Å². The molecule has 3 aromatic rings. The van der Waals surface area contributed by atoms with Crippen LogP contribution in [0.3, 0.4) is 0 Å². The first-order valence-corrected chi connectivity index (χ1v) is 12.9. The number of benzene rings is 2. The second kappa shape index (κ2) is 9.48. The highest BCUT2D eigenvalue weighted by Gasteiger charge is 2.34. The number of aryl methyl sites for hydroxylation is 1. The number of carbonyl (C=O) groups excluding carboxylic acids is 1. The molecule has 0 radical (unpaired) electrons. The molecule has 35 heavy (non-hydrogen) atoms. The highest BCUT2D eigenvalue weighted by molar-refractivity contribution is 7.89.